The Morgan fingerprint density at radius 1 is 1.62 bits per heavy atom. The Balaban J connectivity index is 2.59. The van der Waals surface area contributed by atoms with Crippen molar-refractivity contribution in [1.29, 1.82) is 0 Å². The molecule has 0 radical (unpaired) electrons. The molecule has 3 unspecified atom stereocenters. The highest BCUT2D eigenvalue weighted by Gasteiger charge is 2.30. The highest BCUT2D eigenvalue weighted by atomic mass is 15.1. The van der Waals surface area contributed by atoms with Crippen LogP contribution in [0.2, 0.25) is 0 Å². The van der Waals surface area contributed by atoms with Gasteiger partial charge in [-0.15, -0.1) is 6.58 Å². The molecule has 0 N–H and O–H groups in total. The molecule has 1 heterocycles. The van der Waals surface area contributed by atoms with Gasteiger partial charge in [0.2, 0.25) is 0 Å². The minimum absolute atomic E-state index is 0.663. The van der Waals surface area contributed by atoms with Crippen LogP contribution in [0.25, 0.3) is 0 Å². The molecule has 0 aromatic carbocycles. The molecule has 1 aliphatic rings. The van der Waals surface area contributed by atoms with E-state index in [2.05, 4.69) is 38.5 Å². The van der Waals surface area contributed by atoms with E-state index in [1.165, 1.54) is 25.8 Å². The Hall–Kier alpha value is -0.300. The average molecular weight is 181 g/mol. The lowest BCUT2D eigenvalue weighted by atomic mass is 9.84. The maximum atomic E-state index is 3.91. The second-order valence-electron chi connectivity index (χ2n) is 4.36. The van der Waals surface area contributed by atoms with Crippen molar-refractivity contribution in [3.05, 3.63) is 12.7 Å². The first-order chi connectivity index (χ1) is 6.20. The summed E-state index contributed by atoms with van der Waals surface area (Å²) < 4.78 is 0. The fourth-order valence-corrected chi connectivity index (χ4v) is 2.65. The molecule has 0 aromatic rings. The zero-order valence-electron chi connectivity index (χ0n) is 9.29. The molecule has 1 fully saturated rings. The first-order valence-corrected chi connectivity index (χ1v) is 5.53. The van der Waals surface area contributed by atoms with Crippen molar-refractivity contribution in [2.24, 2.45) is 11.8 Å². The average Bonchev–Trinajstić information content (AvgIpc) is 2.53. The quantitative estimate of drug-likeness (QED) is 0.603. The number of nitrogens with zero attached hydrogens (tertiary/aromatic N) is 1. The topological polar surface area (TPSA) is 3.24 Å². The van der Waals surface area contributed by atoms with E-state index in [4.69, 9.17) is 0 Å². The zero-order valence-corrected chi connectivity index (χ0v) is 9.29. The van der Waals surface area contributed by atoms with Crippen LogP contribution in [0.15, 0.2) is 12.7 Å². The molecule has 0 aliphatic carbocycles. The molecule has 1 heteroatoms. The standard InChI is InChI=1S/C12H23N/c1-5-10(3)11(6-2)12-8-7-9-13(12)4/h5,10-12H,1,6-9H2,2-4H3. The molecule has 3 atom stereocenters. The molecule has 0 spiro atoms. The largest absolute Gasteiger partial charge is 0.303 e. The number of likely N-dealkylation sites (tertiary alicyclic amines) is 1. The van der Waals surface area contributed by atoms with E-state index < -0.39 is 0 Å². The number of rotatable bonds is 4. The van der Waals surface area contributed by atoms with Crippen molar-refractivity contribution in [3.63, 3.8) is 0 Å². The van der Waals surface area contributed by atoms with Crippen LogP contribution in [0.5, 0.6) is 0 Å². The van der Waals surface area contributed by atoms with Crippen molar-refractivity contribution in [2.45, 2.75) is 39.2 Å². The molecule has 1 rings (SSSR count). The Kier molecular flexibility index (Phi) is 3.98. The summed E-state index contributed by atoms with van der Waals surface area (Å²) in [6.07, 6.45) is 6.15. The van der Waals surface area contributed by atoms with Gasteiger partial charge in [0, 0.05) is 6.04 Å². The van der Waals surface area contributed by atoms with Gasteiger partial charge in [0.25, 0.3) is 0 Å². The van der Waals surface area contributed by atoms with Gasteiger partial charge in [0.15, 0.2) is 0 Å². The van der Waals surface area contributed by atoms with Gasteiger partial charge in [-0.3, -0.25) is 0 Å². The molecule has 1 nitrogen and oxygen atoms in total. The van der Waals surface area contributed by atoms with Crippen molar-refractivity contribution in [2.75, 3.05) is 13.6 Å². The summed E-state index contributed by atoms with van der Waals surface area (Å²) in [6.45, 7) is 9.79. The molecule has 0 bridgehead atoms. The van der Waals surface area contributed by atoms with Crippen LogP contribution in [0.3, 0.4) is 0 Å². The Bertz CT molecular complexity index is 165. The maximum Gasteiger partial charge on any atom is 0.0126 e. The van der Waals surface area contributed by atoms with Crippen LogP contribution in [0.4, 0.5) is 0 Å². The Labute approximate surface area is 82.8 Å². The van der Waals surface area contributed by atoms with E-state index in [1.807, 2.05) is 0 Å². The van der Waals surface area contributed by atoms with Crippen LogP contribution < -0.4 is 0 Å². The predicted octanol–water partition coefficient (Wildman–Crippen LogP) is 2.93. The predicted molar refractivity (Wildman–Crippen MR) is 58.8 cm³/mol. The number of hydrogen-bond donors (Lipinski definition) is 0. The molecule has 1 saturated heterocycles. The van der Waals surface area contributed by atoms with Crippen molar-refractivity contribution < 1.29 is 0 Å². The minimum atomic E-state index is 0.663. The highest BCUT2D eigenvalue weighted by Crippen LogP contribution is 2.30. The van der Waals surface area contributed by atoms with Gasteiger partial charge in [-0.1, -0.05) is 26.3 Å². The normalized spacial score (nSPS) is 28.7. The van der Waals surface area contributed by atoms with E-state index >= 15 is 0 Å². The maximum absolute atomic E-state index is 3.91. The van der Waals surface area contributed by atoms with E-state index in [0.717, 1.165) is 12.0 Å². The van der Waals surface area contributed by atoms with Gasteiger partial charge >= 0.3 is 0 Å². The second-order valence-corrected chi connectivity index (χ2v) is 4.36. The fourth-order valence-electron chi connectivity index (χ4n) is 2.65. The van der Waals surface area contributed by atoms with Gasteiger partial charge in [0.05, 0.1) is 0 Å². The molecule has 0 amide bonds. The minimum Gasteiger partial charge on any atom is -0.303 e. The van der Waals surface area contributed by atoms with Crippen molar-refractivity contribution in [3.8, 4) is 0 Å². The van der Waals surface area contributed by atoms with E-state index in [0.29, 0.717) is 5.92 Å². The van der Waals surface area contributed by atoms with Crippen LogP contribution in [0, 0.1) is 11.8 Å². The van der Waals surface area contributed by atoms with Gasteiger partial charge in [-0.05, 0) is 38.3 Å². The molecule has 1 aliphatic heterocycles. The molecule has 0 saturated carbocycles. The molecule has 76 valence electrons. The molecular formula is C12H23N. The van der Waals surface area contributed by atoms with E-state index in [1.54, 1.807) is 0 Å². The molecule has 13 heavy (non-hydrogen) atoms. The summed E-state index contributed by atoms with van der Waals surface area (Å²) in [4.78, 5) is 2.52. The lowest BCUT2D eigenvalue weighted by molar-refractivity contribution is 0.191. The fraction of sp³-hybridized carbons (Fsp3) is 0.833. The third-order valence-electron chi connectivity index (χ3n) is 3.59. The van der Waals surface area contributed by atoms with Gasteiger partial charge in [-0.25, -0.2) is 0 Å². The second kappa shape index (κ2) is 4.80. The van der Waals surface area contributed by atoms with Crippen molar-refractivity contribution >= 4 is 0 Å². The summed E-state index contributed by atoms with van der Waals surface area (Å²) >= 11 is 0. The van der Waals surface area contributed by atoms with Crippen molar-refractivity contribution in [1.82, 2.24) is 4.90 Å². The van der Waals surface area contributed by atoms with E-state index in [9.17, 15) is 0 Å². The van der Waals surface area contributed by atoms with Crippen LogP contribution in [-0.2, 0) is 0 Å². The summed E-state index contributed by atoms with van der Waals surface area (Å²) in [5, 5.41) is 0. The summed E-state index contributed by atoms with van der Waals surface area (Å²) in [6, 6.07) is 0.804. The molecule has 0 aromatic heterocycles. The summed E-state index contributed by atoms with van der Waals surface area (Å²) in [5.74, 6) is 1.47. The van der Waals surface area contributed by atoms with Gasteiger partial charge < -0.3 is 4.90 Å². The van der Waals surface area contributed by atoms with E-state index in [-0.39, 0.29) is 0 Å². The van der Waals surface area contributed by atoms with Gasteiger partial charge in [-0.2, -0.15) is 0 Å². The zero-order chi connectivity index (χ0) is 9.84. The summed E-state index contributed by atoms with van der Waals surface area (Å²) in [7, 11) is 2.26. The summed E-state index contributed by atoms with van der Waals surface area (Å²) in [5.41, 5.74) is 0. The third-order valence-corrected chi connectivity index (χ3v) is 3.59. The smallest absolute Gasteiger partial charge is 0.0126 e. The SMILES string of the molecule is C=CC(C)C(CC)C1CCCN1C. The molecular weight excluding hydrogens is 158 g/mol. The Morgan fingerprint density at radius 2 is 2.31 bits per heavy atom. The highest BCUT2D eigenvalue weighted by molar-refractivity contribution is 4.90. The Morgan fingerprint density at radius 3 is 2.69 bits per heavy atom. The van der Waals surface area contributed by atoms with Crippen LogP contribution in [-0.4, -0.2) is 24.5 Å². The first-order valence-electron chi connectivity index (χ1n) is 5.53. The third kappa shape index (κ3) is 2.34. The van der Waals surface area contributed by atoms with Gasteiger partial charge in [0.1, 0.15) is 0 Å². The van der Waals surface area contributed by atoms with Crippen LogP contribution in [0.1, 0.15) is 33.1 Å². The monoisotopic (exact) mass is 181 g/mol. The van der Waals surface area contributed by atoms with Crippen LogP contribution >= 0.6 is 0 Å². The first kappa shape index (κ1) is 10.8. The number of hydrogen-bond acceptors (Lipinski definition) is 1. The lowest BCUT2D eigenvalue weighted by Gasteiger charge is -2.31. The lowest BCUT2D eigenvalue weighted by Crippen LogP contribution is -2.35. The number of allylic oxidation sites excluding steroid dienone is 1.